The molecule has 0 aromatic carbocycles. The van der Waals surface area contributed by atoms with Gasteiger partial charge in [0.05, 0.1) is 0 Å². The van der Waals surface area contributed by atoms with E-state index in [1.165, 1.54) is 11.3 Å². The average molecular weight is 248 g/mol. The molecule has 1 aliphatic rings. The molecule has 1 saturated carbocycles. The number of nitrogens with zero attached hydrogens (tertiary/aromatic N) is 1. The van der Waals surface area contributed by atoms with Crippen molar-refractivity contribution in [1.82, 2.24) is 4.98 Å². The van der Waals surface area contributed by atoms with Gasteiger partial charge < -0.3 is 5.32 Å². The van der Waals surface area contributed by atoms with Crippen molar-refractivity contribution in [3.63, 3.8) is 0 Å². The van der Waals surface area contributed by atoms with E-state index < -0.39 is 0 Å². The lowest BCUT2D eigenvalue weighted by atomic mass is 10.1. The molecule has 4 heteroatoms. The lowest BCUT2D eigenvalue weighted by Crippen LogP contribution is -2.12. The van der Waals surface area contributed by atoms with Crippen LogP contribution in [0.2, 0.25) is 0 Å². The van der Waals surface area contributed by atoms with Crippen molar-refractivity contribution >= 4 is 28.5 Å². The molecule has 1 aromatic rings. The first kappa shape index (κ1) is 12.0. The number of thiazole rings is 1. The molecule has 1 aliphatic carbocycles. The highest BCUT2D eigenvalue weighted by Crippen LogP contribution is 2.31. The largest absolute Gasteiger partial charge is 0.302 e. The monoisotopic (exact) mass is 248 g/mol. The summed E-state index contributed by atoms with van der Waals surface area (Å²) in [6.45, 7) is 7.88. The quantitative estimate of drug-likeness (QED) is 0.829. The standard InChI is InChI=1S/C13H16N2OS/c1-8(2)9(3)6-11-7-14-13(17-11)15-12(16)10-4-5-10/h6-7,10H,1,4-5H2,2-3H3,(H,14,15,16)/b9-6+. The maximum Gasteiger partial charge on any atom is 0.229 e. The van der Waals surface area contributed by atoms with Gasteiger partial charge in [0.25, 0.3) is 0 Å². The minimum Gasteiger partial charge on any atom is -0.302 e. The summed E-state index contributed by atoms with van der Waals surface area (Å²) in [6.07, 6.45) is 5.84. The third-order valence-corrected chi connectivity index (χ3v) is 3.59. The Hall–Kier alpha value is -1.42. The van der Waals surface area contributed by atoms with Crippen LogP contribution >= 0.6 is 11.3 Å². The number of rotatable bonds is 4. The van der Waals surface area contributed by atoms with Gasteiger partial charge in [-0.05, 0) is 38.3 Å². The van der Waals surface area contributed by atoms with Crippen molar-refractivity contribution in [3.8, 4) is 0 Å². The van der Waals surface area contributed by atoms with Crippen LogP contribution in [-0.2, 0) is 4.79 Å². The fourth-order valence-corrected chi connectivity index (χ4v) is 2.12. The van der Waals surface area contributed by atoms with Gasteiger partial charge in [-0.2, -0.15) is 0 Å². The van der Waals surface area contributed by atoms with Crippen LogP contribution in [0, 0.1) is 5.92 Å². The highest BCUT2D eigenvalue weighted by molar-refractivity contribution is 7.16. The normalized spacial score (nSPS) is 15.8. The second-order valence-corrected chi connectivity index (χ2v) is 5.50. The van der Waals surface area contributed by atoms with E-state index in [-0.39, 0.29) is 11.8 Å². The molecule has 0 aliphatic heterocycles. The number of anilines is 1. The molecular weight excluding hydrogens is 232 g/mol. The minimum atomic E-state index is 0.103. The molecule has 0 bridgehead atoms. The average Bonchev–Trinajstić information content (AvgIpc) is 3.03. The van der Waals surface area contributed by atoms with Crippen LogP contribution in [0.4, 0.5) is 5.13 Å². The van der Waals surface area contributed by atoms with Gasteiger partial charge in [-0.25, -0.2) is 4.98 Å². The Morgan fingerprint density at radius 2 is 2.29 bits per heavy atom. The molecule has 0 unspecified atom stereocenters. The minimum absolute atomic E-state index is 0.103. The number of aromatic nitrogens is 1. The summed E-state index contributed by atoms with van der Waals surface area (Å²) in [5.41, 5.74) is 2.18. The van der Waals surface area contributed by atoms with Gasteiger partial charge >= 0.3 is 0 Å². The number of hydrogen-bond donors (Lipinski definition) is 1. The zero-order valence-electron chi connectivity index (χ0n) is 10.1. The molecule has 0 atom stereocenters. The smallest absolute Gasteiger partial charge is 0.229 e. The fourth-order valence-electron chi connectivity index (χ4n) is 1.30. The number of allylic oxidation sites excluding steroid dienone is 2. The molecule has 1 heterocycles. The van der Waals surface area contributed by atoms with Crippen molar-refractivity contribution < 1.29 is 4.79 Å². The molecule has 1 fully saturated rings. The highest BCUT2D eigenvalue weighted by atomic mass is 32.1. The Balaban J connectivity index is 2.02. The van der Waals surface area contributed by atoms with E-state index in [4.69, 9.17) is 0 Å². The summed E-state index contributed by atoms with van der Waals surface area (Å²) in [6, 6.07) is 0. The van der Waals surface area contributed by atoms with Crippen LogP contribution in [0.3, 0.4) is 0 Å². The van der Waals surface area contributed by atoms with Gasteiger partial charge in [0, 0.05) is 17.0 Å². The third kappa shape index (κ3) is 3.27. The Morgan fingerprint density at radius 1 is 1.59 bits per heavy atom. The van der Waals surface area contributed by atoms with Gasteiger partial charge in [-0.1, -0.05) is 23.5 Å². The first-order chi connectivity index (χ1) is 8.06. The number of carbonyl (C=O) groups is 1. The van der Waals surface area contributed by atoms with Crippen molar-refractivity contribution in [3.05, 3.63) is 28.8 Å². The molecule has 1 amide bonds. The Morgan fingerprint density at radius 3 is 2.88 bits per heavy atom. The SMILES string of the molecule is C=C(C)/C(C)=C/c1cnc(NC(=O)C2CC2)s1. The van der Waals surface area contributed by atoms with Gasteiger partial charge in [0.1, 0.15) is 0 Å². The van der Waals surface area contributed by atoms with Crippen LogP contribution in [0.15, 0.2) is 23.9 Å². The van der Waals surface area contributed by atoms with E-state index in [1.54, 1.807) is 6.20 Å². The Kier molecular flexibility index (Phi) is 3.43. The zero-order chi connectivity index (χ0) is 12.4. The maximum absolute atomic E-state index is 11.5. The van der Waals surface area contributed by atoms with E-state index in [2.05, 4.69) is 16.9 Å². The summed E-state index contributed by atoms with van der Waals surface area (Å²) in [4.78, 5) is 16.8. The van der Waals surface area contributed by atoms with E-state index in [1.807, 2.05) is 19.9 Å². The number of carbonyl (C=O) groups excluding carboxylic acids is 1. The van der Waals surface area contributed by atoms with Gasteiger partial charge in [0.2, 0.25) is 5.91 Å². The fraction of sp³-hybridized carbons (Fsp3) is 0.385. The highest BCUT2D eigenvalue weighted by Gasteiger charge is 2.29. The molecule has 0 radical (unpaired) electrons. The predicted molar refractivity (Wildman–Crippen MR) is 71.9 cm³/mol. The first-order valence-corrected chi connectivity index (χ1v) is 6.49. The maximum atomic E-state index is 11.5. The van der Waals surface area contributed by atoms with Gasteiger partial charge in [-0.3, -0.25) is 4.79 Å². The summed E-state index contributed by atoms with van der Waals surface area (Å²) >= 11 is 1.49. The number of nitrogens with one attached hydrogen (secondary N) is 1. The lowest BCUT2D eigenvalue weighted by molar-refractivity contribution is -0.117. The summed E-state index contributed by atoms with van der Waals surface area (Å²) in [5.74, 6) is 0.321. The van der Waals surface area contributed by atoms with E-state index in [9.17, 15) is 4.79 Å². The topological polar surface area (TPSA) is 42.0 Å². The molecule has 0 saturated heterocycles. The second-order valence-electron chi connectivity index (χ2n) is 4.44. The second kappa shape index (κ2) is 4.84. The van der Waals surface area contributed by atoms with Crippen LogP contribution in [-0.4, -0.2) is 10.9 Å². The molecule has 0 spiro atoms. The van der Waals surface area contributed by atoms with Gasteiger partial charge in [-0.15, -0.1) is 0 Å². The summed E-state index contributed by atoms with van der Waals surface area (Å²) in [7, 11) is 0. The third-order valence-electron chi connectivity index (χ3n) is 2.73. The van der Waals surface area contributed by atoms with Gasteiger partial charge in [0.15, 0.2) is 5.13 Å². The van der Waals surface area contributed by atoms with Crippen molar-refractivity contribution in [1.29, 1.82) is 0 Å². The predicted octanol–water partition coefficient (Wildman–Crippen LogP) is 3.47. The summed E-state index contributed by atoms with van der Waals surface area (Å²) < 4.78 is 0. The molecule has 2 rings (SSSR count). The molecule has 1 N–H and O–H groups in total. The number of amides is 1. The van der Waals surface area contributed by atoms with Crippen LogP contribution in [0.25, 0.3) is 6.08 Å². The zero-order valence-corrected chi connectivity index (χ0v) is 10.9. The van der Waals surface area contributed by atoms with Crippen LogP contribution in [0.5, 0.6) is 0 Å². The van der Waals surface area contributed by atoms with Crippen molar-refractivity contribution in [2.75, 3.05) is 5.32 Å². The van der Waals surface area contributed by atoms with E-state index in [0.717, 1.165) is 28.9 Å². The molecule has 3 nitrogen and oxygen atoms in total. The van der Waals surface area contributed by atoms with Crippen LogP contribution in [0.1, 0.15) is 31.6 Å². The number of hydrogen-bond acceptors (Lipinski definition) is 3. The Bertz CT molecular complexity index is 483. The molecular formula is C13H16N2OS. The van der Waals surface area contributed by atoms with Crippen LogP contribution < -0.4 is 5.32 Å². The van der Waals surface area contributed by atoms with E-state index >= 15 is 0 Å². The summed E-state index contributed by atoms with van der Waals surface area (Å²) in [5, 5.41) is 3.53. The van der Waals surface area contributed by atoms with Crippen molar-refractivity contribution in [2.45, 2.75) is 26.7 Å². The van der Waals surface area contributed by atoms with E-state index in [0.29, 0.717) is 5.13 Å². The molecule has 1 aromatic heterocycles. The molecule has 17 heavy (non-hydrogen) atoms. The Labute approximate surface area is 105 Å². The first-order valence-electron chi connectivity index (χ1n) is 5.67. The lowest BCUT2D eigenvalue weighted by Gasteiger charge is -1.97. The molecule has 90 valence electrons. The van der Waals surface area contributed by atoms with Crippen molar-refractivity contribution in [2.24, 2.45) is 5.92 Å².